The molecule has 0 saturated heterocycles. The molecule has 0 saturated carbocycles. The summed E-state index contributed by atoms with van der Waals surface area (Å²) in [5, 5.41) is 3.39. The highest BCUT2D eigenvalue weighted by molar-refractivity contribution is 5.29. The molecule has 0 heterocycles. The molecule has 1 atom stereocenters. The van der Waals surface area contributed by atoms with Crippen LogP contribution in [0.5, 0.6) is 5.75 Å². The van der Waals surface area contributed by atoms with Crippen LogP contribution >= 0.6 is 0 Å². The maximum Gasteiger partial charge on any atom is 0.119 e. The molecule has 0 amide bonds. The van der Waals surface area contributed by atoms with Crippen LogP contribution in [-0.4, -0.2) is 26.9 Å². The molecule has 1 aromatic rings. The van der Waals surface area contributed by atoms with Gasteiger partial charge in [0.2, 0.25) is 0 Å². The Morgan fingerprint density at radius 2 is 1.88 bits per heavy atom. The standard InChI is InChI=1S/C13H21NO2/c1-4-14-13(10-15-3)11-6-8-12(9-7-11)16-5-2/h6-9,13-14H,4-5,10H2,1-3H3. The third kappa shape index (κ3) is 3.83. The van der Waals surface area contributed by atoms with Crippen LogP contribution in [0.3, 0.4) is 0 Å². The third-order valence-electron chi connectivity index (χ3n) is 2.38. The monoisotopic (exact) mass is 223 g/mol. The molecule has 1 N–H and O–H groups in total. The van der Waals surface area contributed by atoms with Crippen LogP contribution in [0.2, 0.25) is 0 Å². The first-order valence-electron chi connectivity index (χ1n) is 5.76. The summed E-state index contributed by atoms with van der Waals surface area (Å²) in [7, 11) is 1.72. The van der Waals surface area contributed by atoms with Crippen LogP contribution in [0, 0.1) is 0 Å². The van der Waals surface area contributed by atoms with Gasteiger partial charge in [-0.2, -0.15) is 0 Å². The second kappa shape index (κ2) is 7.25. The Hall–Kier alpha value is -1.06. The zero-order chi connectivity index (χ0) is 11.8. The number of nitrogens with one attached hydrogen (secondary N) is 1. The van der Waals surface area contributed by atoms with Crippen molar-refractivity contribution in [3.63, 3.8) is 0 Å². The SMILES string of the molecule is CCNC(COC)c1ccc(OCC)cc1. The quantitative estimate of drug-likeness (QED) is 0.770. The maximum atomic E-state index is 5.41. The Morgan fingerprint density at radius 1 is 1.19 bits per heavy atom. The van der Waals surface area contributed by atoms with Crippen LogP contribution in [0.1, 0.15) is 25.5 Å². The number of hydrogen-bond acceptors (Lipinski definition) is 3. The van der Waals surface area contributed by atoms with E-state index in [-0.39, 0.29) is 6.04 Å². The van der Waals surface area contributed by atoms with Crippen molar-refractivity contribution in [3.05, 3.63) is 29.8 Å². The average Bonchev–Trinajstić information content (AvgIpc) is 2.30. The molecular formula is C13H21NO2. The third-order valence-corrected chi connectivity index (χ3v) is 2.38. The van der Waals surface area contributed by atoms with Crippen molar-refractivity contribution >= 4 is 0 Å². The molecule has 0 aliphatic rings. The fraction of sp³-hybridized carbons (Fsp3) is 0.538. The zero-order valence-corrected chi connectivity index (χ0v) is 10.3. The minimum absolute atomic E-state index is 0.255. The van der Waals surface area contributed by atoms with E-state index in [0.717, 1.165) is 12.3 Å². The van der Waals surface area contributed by atoms with Crippen molar-refractivity contribution in [2.24, 2.45) is 0 Å². The number of methoxy groups -OCH3 is 1. The molecule has 0 radical (unpaired) electrons. The predicted octanol–water partition coefficient (Wildman–Crippen LogP) is 2.38. The van der Waals surface area contributed by atoms with Gasteiger partial charge in [0.05, 0.1) is 19.3 Å². The lowest BCUT2D eigenvalue weighted by Crippen LogP contribution is -2.24. The molecule has 1 unspecified atom stereocenters. The van der Waals surface area contributed by atoms with Crippen molar-refractivity contribution in [1.82, 2.24) is 5.32 Å². The minimum Gasteiger partial charge on any atom is -0.494 e. The van der Waals surface area contributed by atoms with Gasteiger partial charge in [-0.15, -0.1) is 0 Å². The number of hydrogen-bond donors (Lipinski definition) is 1. The van der Waals surface area contributed by atoms with E-state index in [1.807, 2.05) is 19.1 Å². The van der Waals surface area contributed by atoms with Crippen molar-refractivity contribution in [2.45, 2.75) is 19.9 Å². The van der Waals surface area contributed by atoms with Crippen LogP contribution in [0.4, 0.5) is 0 Å². The Balaban J connectivity index is 2.68. The van der Waals surface area contributed by atoms with E-state index >= 15 is 0 Å². The maximum absolute atomic E-state index is 5.41. The largest absolute Gasteiger partial charge is 0.494 e. The molecule has 0 aliphatic heterocycles. The molecule has 0 spiro atoms. The summed E-state index contributed by atoms with van der Waals surface area (Å²) in [6, 6.07) is 8.41. The van der Waals surface area contributed by atoms with Gasteiger partial charge in [-0.05, 0) is 31.2 Å². The summed E-state index contributed by atoms with van der Waals surface area (Å²) >= 11 is 0. The Kier molecular flexibility index (Phi) is 5.90. The Labute approximate surface area is 97.8 Å². The van der Waals surface area contributed by atoms with E-state index in [9.17, 15) is 0 Å². The lowest BCUT2D eigenvalue weighted by atomic mass is 10.1. The normalized spacial score (nSPS) is 12.4. The summed E-state index contributed by atoms with van der Waals surface area (Å²) in [5.41, 5.74) is 1.23. The zero-order valence-electron chi connectivity index (χ0n) is 10.3. The first kappa shape index (κ1) is 13.0. The van der Waals surface area contributed by atoms with Gasteiger partial charge >= 0.3 is 0 Å². The van der Waals surface area contributed by atoms with Crippen LogP contribution < -0.4 is 10.1 Å². The van der Waals surface area contributed by atoms with Crippen molar-refractivity contribution in [1.29, 1.82) is 0 Å². The summed E-state index contributed by atoms with van der Waals surface area (Å²) in [6.45, 7) is 6.40. The molecule has 90 valence electrons. The Bertz CT molecular complexity index is 278. The van der Waals surface area contributed by atoms with Gasteiger partial charge in [-0.3, -0.25) is 0 Å². The number of benzene rings is 1. The fourth-order valence-electron chi connectivity index (χ4n) is 1.65. The van der Waals surface area contributed by atoms with Crippen LogP contribution in [-0.2, 0) is 4.74 Å². The molecule has 3 nitrogen and oxygen atoms in total. The van der Waals surface area contributed by atoms with E-state index in [4.69, 9.17) is 9.47 Å². The van der Waals surface area contributed by atoms with Crippen LogP contribution in [0.25, 0.3) is 0 Å². The first-order chi connectivity index (χ1) is 7.81. The van der Waals surface area contributed by atoms with Gasteiger partial charge in [-0.25, -0.2) is 0 Å². The lowest BCUT2D eigenvalue weighted by Gasteiger charge is -2.17. The highest BCUT2D eigenvalue weighted by atomic mass is 16.5. The molecule has 0 fully saturated rings. The van der Waals surface area contributed by atoms with Crippen molar-refractivity contribution in [2.75, 3.05) is 26.9 Å². The van der Waals surface area contributed by atoms with Gasteiger partial charge < -0.3 is 14.8 Å². The molecule has 3 heteroatoms. The molecule has 16 heavy (non-hydrogen) atoms. The van der Waals surface area contributed by atoms with Crippen molar-refractivity contribution < 1.29 is 9.47 Å². The molecule has 0 aliphatic carbocycles. The minimum atomic E-state index is 0.255. The summed E-state index contributed by atoms with van der Waals surface area (Å²) in [4.78, 5) is 0. The van der Waals surface area contributed by atoms with Gasteiger partial charge in [-0.1, -0.05) is 19.1 Å². The number of rotatable bonds is 7. The summed E-state index contributed by atoms with van der Waals surface area (Å²) < 4.78 is 10.6. The van der Waals surface area contributed by atoms with Gasteiger partial charge in [0.1, 0.15) is 5.75 Å². The van der Waals surface area contributed by atoms with Gasteiger partial charge in [0.25, 0.3) is 0 Å². The Morgan fingerprint density at radius 3 is 2.38 bits per heavy atom. The van der Waals surface area contributed by atoms with E-state index in [1.165, 1.54) is 5.56 Å². The first-order valence-corrected chi connectivity index (χ1v) is 5.76. The molecule has 1 aromatic carbocycles. The van der Waals surface area contributed by atoms with Crippen molar-refractivity contribution in [3.8, 4) is 5.75 Å². The lowest BCUT2D eigenvalue weighted by molar-refractivity contribution is 0.168. The van der Waals surface area contributed by atoms with Gasteiger partial charge in [0, 0.05) is 7.11 Å². The summed E-state index contributed by atoms with van der Waals surface area (Å²) in [6.07, 6.45) is 0. The van der Waals surface area contributed by atoms with E-state index in [1.54, 1.807) is 7.11 Å². The summed E-state index contributed by atoms with van der Waals surface area (Å²) in [5.74, 6) is 0.916. The van der Waals surface area contributed by atoms with E-state index in [2.05, 4.69) is 24.4 Å². The number of likely N-dealkylation sites (N-methyl/N-ethyl adjacent to an activating group) is 1. The average molecular weight is 223 g/mol. The van der Waals surface area contributed by atoms with E-state index in [0.29, 0.717) is 13.2 Å². The second-order valence-electron chi connectivity index (χ2n) is 3.57. The highest BCUT2D eigenvalue weighted by Gasteiger charge is 2.09. The molecule has 0 bridgehead atoms. The smallest absolute Gasteiger partial charge is 0.119 e. The topological polar surface area (TPSA) is 30.5 Å². The molecule has 1 rings (SSSR count). The highest BCUT2D eigenvalue weighted by Crippen LogP contribution is 2.18. The number of ether oxygens (including phenoxy) is 2. The molecular weight excluding hydrogens is 202 g/mol. The fourth-order valence-corrected chi connectivity index (χ4v) is 1.65. The predicted molar refractivity (Wildman–Crippen MR) is 65.9 cm³/mol. The second-order valence-corrected chi connectivity index (χ2v) is 3.57. The van der Waals surface area contributed by atoms with Gasteiger partial charge in [0.15, 0.2) is 0 Å². The molecule has 0 aromatic heterocycles. The van der Waals surface area contributed by atoms with E-state index < -0.39 is 0 Å². The van der Waals surface area contributed by atoms with Crippen LogP contribution in [0.15, 0.2) is 24.3 Å².